The molecule has 0 bridgehead atoms. The molecule has 3 aromatic rings. The lowest BCUT2D eigenvalue weighted by Crippen LogP contribution is -2.14. The number of aromatic amines is 1. The van der Waals surface area contributed by atoms with Crippen LogP contribution in [0.3, 0.4) is 0 Å². The van der Waals surface area contributed by atoms with E-state index >= 15 is 0 Å². The maximum absolute atomic E-state index is 14.1. The van der Waals surface area contributed by atoms with Crippen LogP contribution in [0.5, 0.6) is 0 Å². The zero-order chi connectivity index (χ0) is 18.7. The molecule has 0 unspecified atom stereocenters. The zero-order valence-electron chi connectivity index (χ0n) is 14.3. The third kappa shape index (κ3) is 2.88. The maximum atomic E-state index is 14.1. The van der Waals surface area contributed by atoms with Crippen molar-refractivity contribution in [1.29, 1.82) is 0 Å². The smallest absolute Gasteiger partial charge is 0.271 e. The van der Waals surface area contributed by atoms with E-state index in [0.29, 0.717) is 24.1 Å². The van der Waals surface area contributed by atoms with Gasteiger partial charge in [0, 0.05) is 41.8 Å². The van der Waals surface area contributed by atoms with Gasteiger partial charge in [-0.1, -0.05) is 6.07 Å². The van der Waals surface area contributed by atoms with Crippen LogP contribution in [-0.2, 0) is 15.8 Å². The number of pyridine rings is 1. The molecule has 0 amide bonds. The standard InChI is InChI=1S/C18H17F2N3O2S/c1-18(19,20)12-9-11(5-6-14(12)26(2,24)25)16-15-13(7-8-21-16)22-23-17(15)10-3-4-10/h5-10H,3-4H2,1-2H3,(H,22,23). The van der Waals surface area contributed by atoms with Gasteiger partial charge in [0.2, 0.25) is 0 Å². The van der Waals surface area contributed by atoms with Crippen molar-refractivity contribution in [2.75, 3.05) is 6.26 Å². The number of benzene rings is 1. The van der Waals surface area contributed by atoms with Crippen molar-refractivity contribution < 1.29 is 17.2 Å². The number of fused-ring (bicyclic) bond motifs is 1. The van der Waals surface area contributed by atoms with Crippen LogP contribution in [0.15, 0.2) is 35.4 Å². The van der Waals surface area contributed by atoms with E-state index in [-0.39, 0.29) is 4.90 Å². The Bertz CT molecular complexity index is 1110. The summed E-state index contributed by atoms with van der Waals surface area (Å²) in [5, 5.41) is 8.14. The molecule has 0 atom stereocenters. The second-order valence-corrected chi connectivity index (χ2v) is 8.82. The molecule has 1 aliphatic rings. The number of hydrogen-bond acceptors (Lipinski definition) is 4. The highest BCUT2D eigenvalue weighted by Gasteiger charge is 2.33. The minimum absolute atomic E-state index is 0.356. The van der Waals surface area contributed by atoms with Gasteiger partial charge in [0.25, 0.3) is 5.92 Å². The molecule has 1 aliphatic carbocycles. The summed E-state index contributed by atoms with van der Waals surface area (Å²) >= 11 is 0. The molecule has 4 rings (SSSR count). The van der Waals surface area contributed by atoms with Gasteiger partial charge < -0.3 is 0 Å². The van der Waals surface area contributed by atoms with E-state index < -0.39 is 21.3 Å². The fourth-order valence-corrected chi connectivity index (χ4v) is 4.16. The molecule has 1 N–H and O–H groups in total. The minimum Gasteiger partial charge on any atom is -0.277 e. The molecule has 2 heterocycles. The van der Waals surface area contributed by atoms with Gasteiger partial charge in [0.05, 0.1) is 21.8 Å². The zero-order valence-corrected chi connectivity index (χ0v) is 15.1. The molecule has 2 aromatic heterocycles. The first kappa shape index (κ1) is 17.1. The summed E-state index contributed by atoms with van der Waals surface area (Å²) in [4.78, 5) is 4.02. The van der Waals surface area contributed by atoms with Crippen molar-refractivity contribution in [3.05, 3.63) is 41.7 Å². The molecule has 26 heavy (non-hydrogen) atoms. The van der Waals surface area contributed by atoms with Crippen molar-refractivity contribution in [2.45, 2.75) is 36.5 Å². The summed E-state index contributed by atoms with van der Waals surface area (Å²) in [6.07, 6.45) is 4.59. The summed E-state index contributed by atoms with van der Waals surface area (Å²) < 4.78 is 52.0. The van der Waals surface area contributed by atoms with Gasteiger partial charge in [-0.3, -0.25) is 10.1 Å². The van der Waals surface area contributed by atoms with E-state index in [1.54, 1.807) is 12.3 Å². The lowest BCUT2D eigenvalue weighted by atomic mass is 10.0. The maximum Gasteiger partial charge on any atom is 0.271 e. The number of halogens is 2. The largest absolute Gasteiger partial charge is 0.277 e. The van der Waals surface area contributed by atoms with Gasteiger partial charge in [-0.2, -0.15) is 5.10 Å². The van der Waals surface area contributed by atoms with E-state index in [0.717, 1.165) is 35.7 Å². The Hall–Kier alpha value is -2.35. The first-order chi connectivity index (χ1) is 12.2. The van der Waals surface area contributed by atoms with Crippen LogP contribution in [0.25, 0.3) is 22.2 Å². The van der Waals surface area contributed by atoms with Gasteiger partial charge in [0.1, 0.15) is 0 Å². The van der Waals surface area contributed by atoms with Gasteiger partial charge in [-0.15, -0.1) is 0 Å². The van der Waals surface area contributed by atoms with Gasteiger partial charge in [-0.05, 0) is 31.0 Å². The number of rotatable bonds is 4. The Kier molecular flexibility index (Phi) is 3.66. The fraction of sp³-hybridized carbons (Fsp3) is 0.333. The lowest BCUT2D eigenvalue weighted by molar-refractivity contribution is 0.0145. The molecule has 136 valence electrons. The topological polar surface area (TPSA) is 75.7 Å². The molecular formula is C18H17F2N3O2S. The first-order valence-corrected chi connectivity index (χ1v) is 10.1. The van der Waals surface area contributed by atoms with E-state index in [4.69, 9.17) is 0 Å². The number of alkyl halides is 2. The van der Waals surface area contributed by atoms with Crippen molar-refractivity contribution in [3.63, 3.8) is 0 Å². The summed E-state index contributed by atoms with van der Waals surface area (Å²) in [5.41, 5.74) is 2.13. The lowest BCUT2D eigenvalue weighted by Gasteiger charge is -2.16. The third-order valence-electron chi connectivity index (χ3n) is 4.59. The molecule has 8 heteroatoms. The van der Waals surface area contributed by atoms with E-state index in [9.17, 15) is 17.2 Å². The molecular weight excluding hydrogens is 360 g/mol. The number of H-pyrrole nitrogens is 1. The van der Waals surface area contributed by atoms with Gasteiger partial charge in [0.15, 0.2) is 9.84 Å². The molecule has 0 radical (unpaired) electrons. The fourth-order valence-electron chi connectivity index (χ4n) is 3.21. The van der Waals surface area contributed by atoms with E-state index in [2.05, 4.69) is 15.2 Å². The first-order valence-electron chi connectivity index (χ1n) is 8.22. The molecule has 1 fully saturated rings. The Morgan fingerprint density at radius 1 is 1.23 bits per heavy atom. The number of sulfone groups is 1. The van der Waals surface area contributed by atoms with Crippen molar-refractivity contribution >= 4 is 20.7 Å². The number of hydrogen-bond donors (Lipinski definition) is 1. The highest BCUT2D eigenvalue weighted by atomic mass is 32.2. The molecule has 0 aliphatic heterocycles. The summed E-state index contributed by atoms with van der Waals surface area (Å²) in [6, 6.07) is 5.77. The molecule has 1 aromatic carbocycles. The average molecular weight is 377 g/mol. The second kappa shape index (κ2) is 5.57. The highest BCUT2D eigenvalue weighted by Crippen LogP contribution is 2.44. The van der Waals surface area contributed by atoms with Crippen LogP contribution in [0.4, 0.5) is 8.78 Å². The Morgan fingerprint density at radius 3 is 2.58 bits per heavy atom. The normalized spacial score (nSPS) is 15.5. The minimum atomic E-state index is -3.78. The monoisotopic (exact) mass is 377 g/mol. The number of nitrogens with one attached hydrogen (secondary N) is 1. The summed E-state index contributed by atoms with van der Waals surface area (Å²) in [7, 11) is -3.78. The number of aromatic nitrogens is 3. The summed E-state index contributed by atoms with van der Waals surface area (Å²) in [6.45, 7) is 0.697. The number of nitrogens with zero attached hydrogens (tertiary/aromatic N) is 2. The van der Waals surface area contributed by atoms with Crippen LogP contribution < -0.4 is 0 Å². The molecule has 0 spiro atoms. The van der Waals surface area contributed by atoms with Crippen LogP contribution >= 0.6 is 0 Å². The van der Waals surface area contributed by atoms with Crippen molar-refractivity contribution in [1.82, 2.24) is 15.2 Å². The van der Waals surface area contributed by atoms with E-state index in [1.165, 1.54) is 18.2 Å². The van der Waals surface area contributed by atoms with Gasteiger partial charge >= 0.3 is 0 Å². The van der Waals surface area contributed by atoms with Crippen LogP contribution in [0.1, 0.15) is 36.9 Å². The van der Waals surface area contributed by atoms with Crippen LogP contribution in [-0.4, -0.2) is 29.9 Å². The van der Waals surface area contributed by atoms with Crippen LogP contribution in [0.2, 0.25) is 0 Å². The average Bonchev–Trinajstić information content (AvgIpc) is 3.31. The predicted molar refractivity (Wildman–Crippen MR) is 94.0 cm³/mol. The Balaban J connectivity index is 1.97. The quantitative estimate of drug-likeness (QED) is 0.745. The van der Waals surface area contributed by atoms with E-state index in [1.807, 2.05) is 0 Å². The van der Waals surface area contributed by atoms with Crippen LogP contribution in [0, 0.1) is 0 Å². The predicted octanol–water partition coefficient (Wildman–Crippen LogP) is 4.02. The third-order valence-corrected chi connectivity index (χ3v) is 5.75. The Labute approximate surface area is 149 Å². The Morgan fingerprint density at radius 2 is 1.96 bits per heavy atom. The summed E-state index contributed by atoms with van der Waals surface area (Å²) in [5.74, 6) is -2.94. The highest BCUT2D eigenvalue weighted by molar-refractivity contribution is 7.90. The van der Waals surface area contributed by atoms with Gasteiger partial charge in [-0.25, -0.2) is 17.2 Å². The molecule has 0 saturated heterocycles. The molecule has 5 nitrogen and oxygen atoms in total. The van der Waals surface area contributed by atoms with Crippen molar-refractivity contribution in [2.24, 2.45) is 0 Å². The second-order valence-electron chi connectivity index (χ2n) is 6.84. The van der Waals surface area contributed by atoms with Crippen molar-refractivity contribution in [3.8, 4) is 11.3 Å². The molecule has 1 saturated carbocycles. The SMILES string of the molecule is CC(F)(F)c1cc(-c2nccc3[nH]nc(C4CC4)c23)ccc1S(C)(=O)=O.